The van der Waals surface area contributed by atoms with Gasteiger partial charge in [-0.2, -0.15) is 0 Å². The summed E-state index contributed by atoms with van der Waals surface area (Å²) < 4.78 is 0. The van der Waals surface area contributed by atoms with Crippen LogP contribution in [0, 0.1) is 0 Å². The minimum atomic E-state index is -1.10. The van der Waals surface area contributed by atoms with Crippen molar-refractivity contribution in [3.63, 3.8) is 0 Å². The molecule has 6 N–H and O–H groups in total. The summed E-state index contributed by atoms with van der Waals surface area (Å²) in [5, 5.41) is 34.2. The fourth-order valence-corrected chi connectivity index (χ4v) is 1.04. The van der Waals surface area contributed by atoms with Gasteiger partial charge in [-0.3, -0.25) is 4.79 Å². The highest BCUT2D eigenvalue weighted by Crippen LogP contribution is 2.25. The van der Waals surface area contributed by atoms with Gasteiger partial charge in [0.15, 0.2) is 11.5 Å². The van der Waals surface area contributed by atoms with E-state index < -0.39 is 18.0 Å². The van der Waals surface area contributed by atoms with E-state index in [0.29, 0.717) is 5.56 Å². The van der Waals surface area contributed by atoms with Crippen LogP contribution in [0.2, 0.25) is 0 Å². The van der Waals surface area contributed by atoms with Gasteiger partial charge in [-0.05, 0) is 24.1 Å². The monoisotopic (exact) mass is 269 g/mol. The van der Waals surface area contributed by atoms with E-state index in [1.807, 2.05) is 0 Å². The predicted octanol–water partition coefficient (Wildman–Crippen LogP) is 0.309. The molecule has 1 aromatic rings. The zero-order valence-electron chi connectivity index (χ0n) is 9.98. The number of carboxylic acids is 2. The van der Waals surface area contributed by atoms with Gasteiger partial charge in [0.2, 0.25) is 0 Å². The largest absolute Gasteiger partial charge is 0.504 e. The Morgan fingerprint density at radius 1 is 1.26 bits per heavy atom. The van der Waals surface area contributed by atoms with Crippen LogP contribution in [-0.4, -0.2) is 38.4 Å². The average molecular weight is 269 g/mol. The van der Waals surface area contributed by atoms with E-state index in [1.54, 1.807) is 0 Å². The van der Waals surface area contributed by atoms with Crippen molar-refractivity contribution < 1.29 is 30.0 Å². The Balaban J connectivity index is 0.000000555. The predicted molar refractivity (Wildman–Crippen MR) is 66.9 cm³/mol. The van der Waals surface area contributed by atoms with Gasteiger partial charge in [0, 0.05) is 6.08 Å². The molecule has 0 heterocycles. The molecule has 1 rings (SSSR count). The Labute approximate surface area is 109 Å². The van der Waals surface area contributed by atoms with Gasteiger partial charge >= 0.3 is 11.9 Å². The number of nitrogens with two attached hydrogens (primary N) is 1. The molecule has 0 spiro atoms. The lowest BCUT2D eigenvalue weighted by molar-refractivity contribution is -0.138. The van der Waals surface area contributed by atoms with E-state index in [4.69, 9.17) is 26.2 Å². The van der Waals surface area contributed by atoms with E-state index in [2.05, 4.69) is 6.58 Å². The lowest BCUT2D eigenvalue weighted by Crippen LogP contribution is -2.32. The van der Waals surface area contributed by atoms with Crippen molar-refractivity contribution in [2.45, 2.75) is 12.5 Å². The van der Waals surface area contributed by atoms with Crippen LogP contribution in [-0.2, 0) is 16.0 Å². The number of hydrogen-bond acceptors (Lipinski definition) is 5. The minimum absolute atomic E-state index is 0.114. The normalized spacial score (nSPS) is 10.8. The van der Waals surface area contributed by atoms with E-state index >= 15 is 0 Å². The molecule has 0 aliphatic heterocycles. The second-order valence-corrected chi connectivity index (χ2v) is 3.51. The van der Waals surface area contributed by atoms with E-state index in [9.17, 15) is 9.59 Å². The van der Waals surface area contributed by atoms with Crippen molar-refractivity contribution in [2.24, 2.45) is 5.73 Å². The maximum atomic E-state index is 10.4. The third kappa shape index (κ3) is 6.69. The molecule has 7 heteroatoms. The summed E-state index contributed by atoms with van der Waals surface area (Å²) in [5.41, 5.74) is 5.86. The van der Waals surface area contributed by atoms with Crippen LogP contribution in [0.25, 0.3) is 0 Å². The Bertz CT molecular complexity index is 471. The first-order valence-electron chi connectivity index (χ1n) is 5.12. The molecule has 19 heavy (non-hydrogen) atoms. The summed E-state index contributed by atoms with van der Waals surface area (Å²) in [6.07, 6.45) is 0.948. The van der Waals surface area contributed by atoms with Crippen molar-refractivity contribution in [3.8, 4) is 11.5 Å². The summed E-state index contributed by atoms with van der Waals surface area (Å²) in [5.74, 6) is -2.60. The molecule has 1 aromatic carbocycles. The smallest absolute Gasteiger partial charge is 0.327 e. The molecule has 1 unspecified atom stereocenters. The zero-order valence-corrected chi connectivity index (χ0v) is 9.98. The molecule has 7 nitrogen and oxygen atoms in total. The maximum Gasteiger partial charge on any atom is 0.327 e. The number of rotatable bonds is 4. The molecule has 0 aliphatic rings. The molecule has 0 radical (unpaired) electrons. The number of phenolic OH excluding ortho intramolecular Hbond substituents is 2. The molecule has 0 amide bonds. The number of benzene rings is 1. The van der Waals surface area contributed by atoms with Gasteiger partial charge < -0.3 is 26.2 Å². The highest BCUT2D eigenvalue weighted by Gasteiger charge is 2.12. The lowest BCUT2D eigenvalue weighted by Gasteiger charge is -2.06. The number of aromatic hydroxyl groups is 2. The first kappa shape index (κ1) is 16.5. The van der Waals surface area contributed by atoms with Crippen LogP contribution in [0.4, 0.5) is 0 Å². The SMILES string of the molecule is C=CC(=O)O.NC(Cc1ccc(O)c(O)c1)C(=O)O. The fourth-order valence-electron chi connectivity index (χ4n) is 1.04. The second-order valence-electron chi connectivity index (χ2n) is 3.51. The molecule has 0 aromatic heterocycles. The molecule has 0 aliphatic carbocycles. The number of carboxylic acid groups (broad SMARTS) is 2. The second kappa shape index (κ2) is 7.72. The molecule has 0 saturated heterocycles. The number of hydrogen-bond donors (Lipinski definition) is 5. The van der Waals surface area contributed by atoms with E-state index in [1.165, 1.54) is 18.2 Å². The van der Waals surface area contributed by atoms with Crippen molar-refractivity contribution in [1.29, 1.82) is 0 Å². The third-order valence-corrected chi connectivity index (χ3v) is 1.99. The topological polar surface area (TPSA) is 141 Å². The number of carbonyl (C=O) groups is 2. The number of aliphatic carboxylic acids is 2. The molecular formula is C12H15NO6. The Hall–Kier alpha value is -2.54. The highest BCUT2D eigenvalue weighted by atomic mass is 16.4. The van der Waals surface area contributed by atoms with Gasteiger partial charge in [0.05, 0.1) is 0 Å². The first-order chi connectivity index (χ1) is 8.77. The van der Waals surface area contributed by atoms with Gasteiger partial charge in [-0.15, -0.1) is 0 Å². The summed E-state index contributed by atoms with van der Waals surface area (Å²) in [6, 6.07) is 3.09. The summed E-state index contributed by atoms with van der Waals surface area (Å²) >= 11 is 0. The lowest BCUT2D eigenvalue weighted by atomic mass is 10.1. The standard InChI is InChI=1S/C9H11NO4.C3H4O2/c10-6(9(13)14)3-5-1-2-7(11)8(12)4-5;1-2-3(4)5/h1-2,4,6,11-12H,3,10H2,(H,13,14);2H,1H2,(H,4,5). The van der Waals surface area contributed by atoms with Crippen LogP contribution in [0.5, 0.6) is 11.5 Å². The summed E-state index contributed by atoms with van der Waals surface area (Å²) in [6.45, 7) is 2.96. The van der Waals surface area contributed by atoms with Crippen molar-refractivity contribution in [3.05, 3.63) is 36.4 Å². The fraction of sp³-hybridized carbons (Fsp3) is 0.167. The summed E-state index contributed by atoms with van der Waals surface area (Å²) in [4.78, 5) is 19.7. The third-order valence-electron chi connectivity index (χ3n) is 1.99. The van der Waals surface area contributed by atoms with Crippen LogP contribution in [0.15, 0.2) is 30.9 Å². The molecule has 104 valence electrons. The Morgan fingerprint density at radius 3 is 2.16 bits per heavy atom. The first-order valence-corrected chi connectivity index (χ1v) is 5.12. The van der Waals surface area contributed by atoms with Crippen molar-refractivity contribution in [1.82, 2.24) is 0 Å². The molecule has 0 bridgehead atoms. The van der Waals surface area contributed by atoms with Gasteiger partial charge in [0.25, 0.3) is 0 Å². The summed E-state index contributed by atoms with van der Waals surface area (Å²) in [7, 11) is 0. The molecule has 0 saturated carbocycles. The zero-order chi connectivity index (χ0) is 15.0. The maximum absolute atomic E-state index is 10.4. The van der Waals surface area contributed by atoms with Crippen LogP contribution < -0.4 is 5.73 Å². The van der Waals surface area contributed by atoms with Crippen molar-refractivity contribution >= 4 is 11.9 Å². The molecule has 0 fully saturated rings. The van der Waals surface area contributed by atoms with Gasteiger partial charge in [-0.1, -0.05) is 12.6 Å². The Kier molecular flexibility index (Phi) is 6.69. The molecular weight excluding hydrogens is 254 g/mol. The van der Waals surface area contributed by atoms with Crippen LogP contribution in [0.1, 0.15) is 5.56 Å². The van der Waals surface area contributed by atoms with Crippen LogP contribution in [0.3, 0.4) is 0 Å². The van der Waals surface area contributed by atoms with Gasteiger partial charge in [-0.25, -0.2) is 4.79 Å². The minimum Gasteiger partial charge on any atom is -0.504 e. The van der Waals surface area contributed by atoms with Crippen LogP contribution >= 0.6 is 0 Å². The van der Waals surface area contributed by atoms with Crippen molar-refractivity contribution in [2.75, 3.05) is 0 Å². The average Bonchev–Trinajstić information content (AvgIpc) is 2.34. The number of phenols is 2. The molecule has 1 atom stereocenters. The van der Waals surface area contributed by atoms with Gasteiger partial charge in [0.1, 0.15) is 6.04 Å². The van der Waals surface area contributed by atoms with E-state index in [0.717, 1.165) is 6.08 Å². The highest BCUT2D eigenvalue weighted by molar-refractivity contribution is 5.78. The quantitative estimate of drug-likeness (QED) is 0.391. The van der Waals surface area contributed by atoms with E-state index in [-0.39, 0.29) is 17.9 Å². The Morgan fingerprint density at radius 2 is 1.79 bits per heavy atom.